The molecule has 0 saturated carbocycles. The third-order valence-electron chi connectivity index (χ3n) is 1.34. The topological polar surface area (TPSA) is 29.1 Å². The van der Waals surface area contributed by atoms with Gasteiger partial charge in [0.05, 0.1) is 6.04 Å². The molecule has 9 heavy (non-hydrogen) atoms. The molecule has 0 saturated heterocycles. The molecular formula is C7H15NO. The molecule has 0 aliphatic carbocycles. The number of carbonyl (C=O) groups is 1. The Kier molecular flexibility index (Phi) is 4.32. The Hall–Kier alpha value is -0.370. The number of ketones is 1. The molecule has 0 aromatic heterocycles. The maximum Gasteiger partial charge on any atom is 0.149 e. The van der Waals surface area contributed by atoms with Crippen LogP contribution in [0.3, 0.4) is 0 Å². The lowest BCUT2D eigenvalue weighted by Gasteiger charge is -2.07. The number of Topliss-reactive ketones (excluding diaryl/α,β-unsaturated/α-hetero) is 1. The van der Waals surface area contributed by atoms with E-state index in [1.807, 2.05) is 20.8 Å². The number of carbonyl (C=O) groups excluding carboxylic acids is 1. The van der Waals surface area contributed by atoms with E-state index < -0.39 is 0 Å². The van der Waals surface area contributed by atoms with Gasteiger partial charge < -0.3 is 5.32 Å². The molecule has 0 aliphatic rings. The zero-order chi connectivity index (χ0) is 7.28. The van der Waals surface area contributed by atoms with Crippen molar-refractivity contribution in [2.24, 2.45) is 0 Å². The Labute approximate surface area is 56.6 Å². The van der Waals surface area contributed by atoms with Crippen LogP contribution in [-0.4, -0.2) is 18.4 Å². The van der Waals surface area contributed by atoms with E-state index in [-0.39, 0.29) is 11.8 Å². The highest BCUT2D eigenvalue weighted by Crippen LogP contribution is 1.87. The summed E-state index contributed by atoms with van der Waals surface area (Å²) in [5, 5.41) is 3.05. The highest BCUT2D eigenvalue weighted by Gasteiger charge is 2.06. The maximum absolute atomic E-state index is 10.8. The van der Waals surface area contributed by atoms with Crippen LogP contribution in [0.2, 0.25) is 0 Å². The van der Waals surface area contributed by atoms with Gasteiger partial charge in [-0.15, -0.1) is 0 Å². The largest absolute Gasteiger partial charge is 0.308 e. The van der Waals surface area contributed by atoms with E-state index in [0.29, 0.717) is 6.42 Å². The van der Waals surface area contributed by atoms with Crippen molar-refractivity contribution >= 4 is 5.78 Å². The van der Waals surface area contributed by atoms with Gasteiger partial charge in [-0.05, 0) is 13.5 Å². The quantitative estimate of drug-likeness (QED) is 0.612. The summed E-state index contributed by atoms with van der Waals surface area (Å²) in [6.07, 6.45) is 0.633. The van der Waals surface area contributed by atoms with Crippen LogP contribution in [0.1, 0.15) is 27.2 Å². The van der Waals surface area contributed by atoms with Crippen molar-refractivity contribution in [2.75, 3.05) is 6.54 Å². The van der Waals surface area contributed by atoms with Gasteiger partial charge >= 0.3 is 0 Å². The lowest BCUT2D eigenvalue weighted by molar-refractivity contribution is -0.120. The molecule has 2 nitrogen and oxygen atoms in total. The minimum Gasteiger partial charge on any atom is -0.308 e. The molecule has 0 heterocycles. The van der Waals surface area contributed by atoms with Crippen LogP contribution in [-0.2, 0) is 4.79 Å². The van der Waals surface area contributed by atoms with Crippen molar-refractivity contribution in [1.29, 1.82) is 0 Å². The van der Waals surface area contributed by atoms with Crippen LogP contribution >= 0.6 is 0 Å². The molecule has 54 valence electrons. The first-order valence-corrected chi connectivity index (χ1v) is 3.48. The summed E-state index contributed by atoms with van der Waals surface area (Å²) in [4.78, 5) is 10.8. The molecule has 0 bridgehead atoms. The summed E-state index contributed by atoms with van der Waals surface area (Å²) >= 11 is 0. The van der Waals surface area contributed by atoms with E-state index in [4.69, 9.17) is 0 Å². The highest BCUT2D eigenvalue weighted by atomic mass is 16.1. The SMILES string of the molecule is CCN[C@@H](C)C(=O)CC. The maximum atomic E-state index is 10.8. The van der Waals surface area contributed by atoms with Crippen LogP contribution < -0.4 is 5.32 Å². The standard InChI is InChI=1S/C7H15NO/c1-4-7(9)6(3)8-5-2/h6,8H,4-5H2,1-3H3/t6-/m0/s1. The van der Waals surface area contributed by atoms with Gasteiger partial charge in [0, 0.05) is 6.42 Å². The van der Waals surface area contributed by atoms with Gasteiger partial charge in [0.25, 0.3) is 0 Å². The Morgan fingerprint density at radius 1 is 1.56 bits per heavy atom. The summed E-state index contributed by atoms with van der Waals surface area (Å²) in [7, 11) is 0. The first kappa shape index (κ1) is 8.63. The average Bonchev–Trinajstić information content (AvgIpc) is 1.87. The van der Waals surface area contributed by atoms with Gasteiger partial charge in [-0.3, -0.25) is 4.79 Å². The summed E-state index contributed by atoms with van der Waals surface area (Å²) in [6.45, 7) is 6.65. The smallest absolute Gasteiger partial charge is 0.149 e. The molecule has 0 aromatic rings. The molecule has 0 rings (SSSR count). The fourth-order valence-electron chi connectivity index (χ4n) is 0.726. The van der Waals surface area contributed by atoms with Crippen molar-refractivity contribution in [3.8, 4) is 0 Å². The first-order valence-electron chi connectivity index (χ1n) is 3.48. The van der Waals surface area contributed by atoms with Crippen LogP contribution in [0.4, 0.5) is 0 Å². The van der Waals surface area contributed by atoms with Crippen molar-refractivity contribution in [3.63, 3.8) is 0 Å². The predicted octanol–water partition coefficient (Wildman–Crippen LogP) is 0.964. The van der Waals surface area contributed by atoms with Crippen molar-refractivity contribution in [1.82, 2.24) is 5.32 Å². The average molecular weight is 129 g/mol. The van der Waals surface area contributed by atoms with E-state index >= 15 is 0 Å². The highest BCUT2D eigenvalue weighted by molar-refractivity contribution is 5.83. The molecule has 0 amide bonds. The third kappa shape index (κ3) is 3.25. The molecule has 0 fully saturated rings. The van der Waals surface area contributed by atoms with Gasteiger partial charge in [0.15, 0.2) is 0 Å². The number of nitrogens with one attached hydrogen (secondary N) is 1. The second-order valence-corrected chi connectivity index (χ2v) is 2.10. The zero-order valence-electron chi connectivity index (χ0n) is 6.40. The number of hydrogen-bond acceptors (Lipinski definition) is 2. The summed E-state index contributed by atoms with van der Waals surface area (Å²) in [5.74, 6) is 0.289. The molecular weight excluding hydrogens is 114 g/mol. The monoisotopic (exact) mass is 129 g/mol. The van der Waals surface area contributed by atoms with Crippen molar-refractivity contribution in [2.45, 2.75) is 33.2 Å². The molecule has 0 spiro atoms. The Morgan fingerprint density at radius 3 is 2.44 bits per heavy atom. The van der Waals surface area contributed by atoms with Crippen LogP contribution in [0.25, 0.3) is 0 Å². The number of rotatable bonds is 4. The molecule has 1 N–H and O–H groups in total. The van der Waals surface area contributed by atoms with E-state index in [0.717, 1.165) is 6.54 Å². The van der Waals surface area contributed by atoms with Crippen LogP contribution in [0.15, 0.2) is 0 Å². The predicted molar refractivity (Wildman–Crippen MR) is 38.4 cm³/mol. The second-order valence-electron chi connectivity index (χ2n) is 2.10. The number of hydrogen-bond donors (Lipinski definition) is 1. The van der Waals surface area contributed by atoms with Gasteiger partial charge in [0.2, 0.25) is 0 Å². The summed E-state index contributed by atoms with van der Waals surface area (Å²) in [5.41, 5.74) is 0. The molecule has 0 aliphatic heterocycles. The summed E-state index contributed by atoms with van der Waals surface area (Å²) in [6, 6.07) is 0.0417. The second kappa shape index (κ2) is 4.50. The Bertz CT molecular complexity index is 90.9. The van der Waals surface area contributed by atoms with E-state index in [1.54, 1.807) is 0 Å². The zero-order valence-corrected chi connectivity index (χ0v) is 6.40. The van der Waals surface area contributed by atoms with Gasteiger partial charge in [-0.1, -0.05) is 13.8 Å². The number of likely N-dealkylation sites (N-methyl/N-ethyl adjacent to an activating group) is 1. The van der Waals surface area contributed by atoms with Gasteiger partial charge in [-0.2, -0.15) is 0 Å². The third-order valence-corrected chi connectivity index (χ3v) is 1.34. The van der Waals surface area contributed by atoms with Crippen LogP contribution in [0, 0.1) is 0 Å². The normalized spacial score (nSPS) is 13.2. The molecule has 0 aromatic carbocycles. The minimum absolute atomic E-state index is 0.0417. The lowest BCUT2D eigenvalue weighted by Crippen LogP contribution is -2.33. The van der Waals surface area contributed by atoms with E-state index in [9.17, 15) is 4.79 Å². The van der Waals surface area contributed by atoms with Crippen LogP contribution in [0.5, 0.6) is 0 Å². The Morgan fingerprint density at radius 2 is 2.11 bits per heavy atom. The van der Waals surface area contributed by atoms with Crippen molar-refractivity contribution < 1.29 is 4.79 Å². The van der Waals surface area contributed by atoms with Crippen molar-refractivity contribution in [3.05, 3.63) is 0 Å². The molecule has 0 radical (unpaired) electrons. The molecule has 0 unspecified atom stereocenters. The van der Waals surface area contributed by atoms with E-state index in [2.05, 4.69) is 5.32 Å². The Balaban J connectivity index is 3.45. The summed E-state index contributed by atoms with van der Waals surface area (Å²) < 4.78 is 0. The minimum atomic E-state index is 0.0417. The van der Waals surface area contributed by atoms with Gasteiger partial charge in [-0.25, -0.2) is 0 Å². The fraction of sp³-hybridized carbons (Fsp3) is 0.857. The molecule has 2 heteroatoms. The van der Waals surface area contributed by atoms with Gasteiger partial charge in [0.1, 0.15) is 5.78 Å². The lowest BCUT2D eigenvalue weighted by atomic mass is 10.2. The van der Waals surface area contributed by atoms with E-state index in [1.165, 1.54) is 0 Å². The molecule has 1 atom stereocenters. The first-order chi connectivity index (χ1) is 4.22. The fourth-order valence-corrected chi connectivity index (χ4v) is 0.726.